The van der Waals surface area contributed by atoms with Crippen LogP contribution in [0.25, 0.3) is 0 Å². The summed E-state index contributed by atoms with van der Waals surface area (Å²) in [6.45, 7) is 1.11. The van der Waals surface area contributed by atoms with Crippen LogP contribution in [0.15, 0.2) is 71.3 Å². The average Bonchev–Trinajstić information content (AvgIpc) is 3.08. The molecule has 0 aliphatic rings. The smallest absolute Gasteiger partial charge is 0.225 e. The summed E-state index contributed by atoms with van der Waals surface area (Å²) in [5.74, 6) is 1.47. The van der Waals surface area contributed by atoms with Gasteiger partial charge in [-0.05, 0) is 36.2 Å². The topological polar surface area (TPSA) is 56.1 Å². The van der Waals surface area contributed by atoms with E-state index >= 15 is 0 Å². The molecule has 0 aliphatic heterocycles. The highest BCUT2D eigenvalue weighted by molar-refractivity contribution is 9.10. The number of ether oxygens (including phenoxy) is 1. The van der Waals surface area contributed by atoms with Crippen LogP contribution < -0.4 is 10.1 Å². The summed E-state index contributed by atoms with van der Waals surface area (Å²) in [7, 11) is 0. The molecule has 0 fully saturated rings. The van der Waals surface area contributed by atoms with E-state index in [0.29, 0.717) is 31.8 Å². The Labute approximate surface area is 161 Å². The summed E-state index contributed by atoms with van der Waals surface area (Å²) in [6.07, 6.45) is 2.74. The maximum atomic E-state index is 12.2. The van der Waals surface area contributed by atoms with Gasteiger partial charge in [-0.15, -0.1) is 0 Å². The molecule has 0 aliphatic carbocycles. The number of hydrogen-bond acceptors (Lipinski definition) is 3. The van der Waals surface area contributed by atoms with Gasteiger partial charge in [-0.2, -0.15) is 5.10 Å². The van der Waals surface area contributed by atoms with Crippen LogP contribution in [-0.4, -0.2) is 22.3 Å². The number of carbonyl (C=O) groups excluding carboxylic acids is 1. The Bertz CT molecular complexity index is 832. The first-order chi connectivity index (χ1) is 12.7. The van der Waals surface area contributed by atoms with Gasteiger partial charge in [-0.25, -0.2) is 4.68 Å². The van der Waals surface area contributed by atoms with Crippen LogP contribution in [0.4, 0.5) is 5.82 Å². The minimum absolute atomic E-state index is 0.0424. The summed E-state index contributed by atoms with van der Waals surface area (Å²) in [5.41, 5.74) is 1.11. The number of anilines is 1. The van der Waals surface area contributed by atoms with E-state index < -0.39 is 0 Å². The summed E-state index contributed by atoms with van der Waals surface area (Å²) < 4.78 is 8.42. The Kier molecular flexibility index (Phi) is 6.44. The van der Waals surface area contributed by atoms with Crippen LogP contribution in [0.1, 0.15) is 18.4 Å². The molecule has 0 radical (unpaired) electrons. The van der Waals surface area contributed by atoms with Gasteiger partial charge in [0.15, 0.2) is 0 Å². The fourth-order valence-electron chi connectivity index (χ4n) is 2.47. The molecule has 1 heterocycles. The van der Waals surface area contributed by atoms with E-state index in [1.165, 1.54) is 0 Å². The van der Waals surface area contributed by atoms with Gasteiger partial charge in [0.1, 0.15) is 11.6 Å². The van der Waals surface area contributed by atoms with E-state index in [4.69, 9.17) is 4.74 Å². The molecule has 0 saturated heterocycles. The fraction of sp³-hybridized carbons (Fsp3) is 0.200. The Hall–Kier alpha value is -2.60. The van der Waals surface area contributed by atoms with E-state index in [1.54, 1.807) is 16.9 Å². The predicted octanol–water partition coefficient (Wildman–Crippen LogP) is 4.49. The number of amides is 1. The first-order valence-corrected chi connectivity index (χ1v) is 9.24. The number of benzene rings is 2. The molecule has 2 aromatic carbocycles. The average molecular weight is 414 g/mol. The van der Waals surface area contributed by atoms with Gasteiger partial charge in [0.2, 0.25) is 5.91 Å². The number of carbonyl (C=O) groups is 1. The van der Waals surface area contributed by atoms with E-state index in [9.17, 15) is 4.79 Å². The van der Waals surface area contributed by atoms with Gasteiger partial charge >= 0.3 is 0 Å². The number of halogens is 1. The van der Waals surface area contributed by atoms with E-state index in [1.807, 2.05) is 54.6 Å². The van der Waals surface area contributed by atoms with Gasteiger partial charge in [-0.3, -0.25) is 4.79 Å². The van der Waals surface area contributed by atoms with Crippen LogP contribution in [0.5, 0.6) is 5.75 Å². The van der Waals surface area contributed by atoms with Crippen LogP contribution in [0, 0.1) is 0 Å². The van der Waals surface area contributed by atoms with Crippen molar-refractivity contribution in [3.05, 3.63) is 76.9 Å². The molecular formula is C20H20BrN3O2. The fourth-order valence-corrected chi connectivity index (χ4v) is 2.74. The summed E-state index contributed by atoms with van der Waals surface area (Å²) in [4.78, 5) is 12.2. The second kappa shape index (κ2) is 9.20. The van der Waals surface area contributed by atoms with Gasteiger partial charge in [0.05, 0.1) is 19.3 Å². The largest absolute Gasteiger partial charge is 0.494 e. The van der Waals surface area contributed by atoms with Gasteiger partial charge in [0, 0.05) is 17.0 Å². The molecule has 1 N–H and O–H groups in total. The highest BCUT2D eigenvalue weighted by atomic mass is 79.9. The highest BCUT2D eigenvalue weighted by Gasteiger charge is 2.08. The third-order valence-electron chi connectivity index (χ3n) is 3.79. The van der Waals surface area contributed by atoms with Crippen molar-refractivity contribution < 1.29 is 9.53 Å². The molecule has 26 heavy (non-hydrogen) atoms. The third-order valence-corrected chi connectivity index (χ3v) is 4.32. The Morgan fingerprint density at radius 3 is 2.62 bits per heavy atom. The van der Waals surface area contributed by atoms with Crippen LogP contribution in [-0.2, 0) is 11.3 Å². The molecule has 3 rings (SSSR count). The molecule has 134 valence electrons. The Balaban J connectivity index is 1.46. The van der Waals surface area contributed by atoms with Crippen molar-refractivity contribution in [3.63, 3.8) is 0 Å². The number of nitrogens with zero attached hydrogens (tertiary/aromatic N) is 2. The molecule has 6 heteroatoms. The third kappa shape index (κ3) is 5.46. The molecule has 1 aromatic heterocycles. The van der Waals surface area contributed by atoms with Crippen molar-refractivity contribution in [1.82, 2.24) is 9.78 Å². The molecular weight excluding hydrogens is 394 g/mol. The van der Waals surface area contributed by atoms with Gasteiger partial charge in [0.25, 0.3) is 0 Å². The number of para-hydroxylation sites is 1. The second-order valence-corrected chi connectivity index (χ2v) is 6.73. The summed E-state index contributed by atoms with van der Waals surface area (Å²) in [5, 5.41) is 7.21. The number of aromatic nitrogens is 2. The zero-order chi connectivity index (χ0) is 18.2. The molecule has 0 unspecified atom stereocenters. The van der Waals surface area contributed by atoms with Gasteiger partial charge < -0.3 is 10.1 Å². The number of rotatable bonds is 8. The van der Waals surface area contributed by atoms with Crippen LogP contribution >= 0.6 is 15.9 Å². The maximum absolute atomic E-state index is 12.2. The summed E-state index contributed by atoms with van der Waals surface area (Å²) >= 11 is 3.43. The SMILES string of the molecule is O=C(CCCOc1ccccc1)Nc1ccnn1Cc1ccc(Br)cc1. The molecule has 3 aromatic rings. The molecule has 0 bridgehead atoms. The van der Waals surface area contributed by atoms with E-state index in [2.05, 4.69) is 26.3 Å². The van der Waals surface area contributed by atoms with Crippen molar-refractivity contribution in [3.8, 4) is 5.75 Å². The van der Waals surface area contributed by atoms with Crippen molar-refractivity contribution >= 4 is 27.7 Å². The Morgan fingerprint density at radius 2 is 1.85 bits per heavy atom. The lowest BCUT2D eigenvalue weighted by Crippen LogP contribution is -2.16. The lowest BCUT2D eigenvalue weighted by atomic mass is 10.2. The first kappa shape index (κ1) is 18.2. The molecule has 0 atom stereocenters. The number of nitrogens with one attached hydrogen (secondary N) is 1. The summed E-state index contributed by atoms with van der Waals surface area (Å²) in [6, 6.07) is 19.4. The predicted molar refractivity (Wildman–Crippen MR) is 105 cm³/mol. The zero-order valence-corrected chi connectivity index (χ0v) is 15.9. The molecule has 1 amide bonds. The van der Waals surface area contributed by atoms with Gasteiger partial charge in [-0.1, -0.05) is 46.3 Å². The maximum Gasteiger partial charge on any atom is 0.225 e. The minimum Gasteiger partial charge on any atom is -0.494 e. The highest BCUT2D eigenvalue weighted by Crippen LogP contribution is 2.14. The van der Waals surface area contributed by atoms with Crippen molar-refractivity contribution in [2.75, 3.05) is 11.9 Å². The first-order valence-electron chi connectivity index (χ1n) is 8.45. The monoisotopic (exact) mass is 413 g/mol. The lowest BCUT2D eigenvalue weighted by Gasteiger charge is -2.10. The van der Waals surface area contributed by atoms with E-state index in [-0.39, 0.29) is 5.91 Å². The van der Waals surface area contributed by atoms with Crippen molar-refractivity contribution in [2.24, 2.45) is 0 Å². The number of hydrogen-bond donors (Lipinski definition) is 1. The second-order valence-electron chi connectivity index (χ2n) is 5.81. The quantitative estimate of drug-likeness (QED) is 0.553. The molecule has 0 spiro atoms. The zero-order valence-electron chi connectivity index (χ0n) is 14.3. The lowest BCUT2D eigenvalue weighted by molar-refractivity contribution is -0.116. The van der Waals surface area contributed by atoms with E-state index in [0.717, 1.165) is 15.8 Å². The minimum atomic E-state index is -0.0424. The van der Waals surface area contributed by atoms with Crippen LogP contribution in [0.3, 0.4) is 0 Å². The molecule has 5 nitrogen and oxygen atoms in total. The van der Waals surface area contributed by atoms with Crippen molar-refractivity contribution in [1.29, 1.82) is 0 Å². The Morgan fingerprint density at radius 1 is 1.08 bits per heavy atom. The molecule has 0 saturated carbocycles. The van der Waals surface area contributed by atoms with Crippen LogP contribution in [0.2, 0.25) is 0 Å². The standard InChI is InChI=1S/C20H20BrN3O2/c21-17-10-8-16(9-11-17)15-24-19(12-13-22-24)23-20(25)7-4-14-26-18-5-2-1-3-6-18/h1-3,5-6,8-13H,4,7,14-15H2,(H,23,25). The normalized spacial score (nSPS) is 10.5. The van der Waals surface area contributed by atoms with Crippen molar-refractivity contribution in [2.45, 2.75) is 19.4 Å².